The molecule has 0 aliphatic rings. The highest BCUT2D eigenvalue weighted by atomic mass is 16.5. The molecule has 0 aliphatic carbocycles. The SMILES string of the molecule is CCCCn1c(CCC)c(C(=O)OCC)c2cc(O)c3ccccc3c21. The van der Waals surface area contributed by atoms with Gasteiger partial charge in [0, 0.05) is 28.4 Å². The molecular weight excluding hydrogens is 326 g/mol. The number of nitrogens with zero attached hydrogens (tertiary/aromatic N) is 1. The van der Waals surface area contributed by atoms with Crippen molar-refractivity contribution >= 4 is 27.6 Å². The van der Waals surface area contributed by atoms with Gasteiger partial charge in [0.15, 0.2) is 0 Å². The van der Waals surface area contributed by atoms with Gasteiger partial charge >= 0.3 is 5.97 Å². The lowest BCUT2D eigenvalue weighted by molar-refractivity contribution is 0.0527. The molecular formula is C22H27NO3. The summed E-state index contributed by atoms with van der Waals surface area (Å²) in [6.45, 7) is 7.30. The van der Waals surface area contributed by atoms with Gasteiger partial charge in [-0.25, -0.2) is 4.79 Å². The summed E-state index contributed by atoms with van der Waals surface area (Å²) in [4.78, 5) is 12.8. The first-order chi connectivity index (χ1) is 12.6. The molecule has 3 aromatic rings. The largest absolute Gasteiger partial charge is 0.507 e. The van der Waals surface area contributed by atoms with Crippen molar-refractivity contribution in [1.29, 1.82) is 0 Å². The Morgan fingerprint density at radius 1 is 1.08 bits per heavy atom. The lowest BCUT2D eigenvalue weighted by Crippen LogP contribution is -2.10. The van der Waals surface area contributed by atoms with Gasteiger partial charge in [-0.3, -0.25) is 0 Å². The molecule has 0 spiro atoms. The van der Waals surface area contributed by atoms with Gasteiger partial charge in [0.1, 0.15) is 5.75 Å². The zero-order valence-corrected chi connectivity index (χ0v) is 15.8. The van der Waals surface area contributed by atoms with Crippen LogP contribution in [0.3, 0.4) is 0 Å². The Kier molecular flexibility index (Phi) is 5.50. The molecule has 2 aromatic carbocycles. The molecule has 0 bridgehead atoms. The van der Waals surface area contributed by atoms with Gasteiger partial charge in [0.05, 0.1) is 17.7 Å². The molecule has 0 fully saturated rings. The summed E-state index contributed by atoms with van der Waals surface area (Å²) < 4.78 is 7.63. The van der Waals surface area contributed by atoms with Crippen LogP contribution in [0.5, 0.6) is 5.75 Å². The summed E-state index contributed by atoms with van der Waals surface area (Å²) in [5, 5.41) is 13.1. The Hall–Kier alpha value is -2.49. The zero-order valence-electron chi connectivity index (χ0n) is 15.8. The van der Waals surface area contributed by atoms with Gasteiger partial charge < -0.3 is 14.4 Å². The summed E-state index contributed by atoms with van der Waals surface area (Å²) >= 11 is 0. The van der Waals surface area contributed by atoms with Crippen molar-refractivity contribution in [3.05, 3.63) is 41.6 Å². The monoisotopic (exact) mass is 353 g/mol. The van der Waals surface area contributed by atoms with Crippen LogP contribution in [0.2, 0.25) is 0 Å². The summed E-state index contributed by atoms with van der Waals surface area (Å²) in [6.07, 6.45) is 3.87. The molecule has 1 heterocycles. The number of fused-ring (bicyclic) bond motifs is 3. The number of hydrogen-bond donors (Lipinski definition) is 1. The topological polar surface area (TPSA) is 51.5 Å². The van der Waals surface area contributed by atoms with Gasteiger partial charge in [-0.15, -0.1) is 0 Å². The van der Waals surface area contributed by atoms with Crippen LogP contribution < -0.4 is 0 Å². The van der Waals surface area contributed by atoms with Crippen molar-refractivity contribution in [3.63, 3.8) is 0 Å². The van der Waals surface area contributed by atoms with Crippen LogP contribution in [-0.4, -0.2) is 22.2 Å². The van der Waals surface area contributed by atoms with E-state index >= 15 is 0 Å². The first-order valence-corrected chi connectivity index (χ1v) is 9.56. The second kappa shape index (κ2) is 7.81. The smallest absolute Gasteiger partial charge is 0.340 e. The van der Waals surface area contributed by atoms with Crippen molar-refractivity contribution in [2.45, 2.75) is 53.0 Å². The Morgan fingerprint density at radius 3 is 2.46 bits per heavy atom. The summed E-state index contributed by atoms with van der Waals surface area (Å²) in [6, 6.07) is 9.56. The number of aromatic hydroxyl groups is 1. The first kappa shape index (κ1) is 18.3. The van der Waals surface area contributed by atoms with E-state index in [1.54, 1.807) is 6.07 Å². The number of carbonyl (C=O) groups excluding carboxylic acids is 1. The van der Waals surface area contributed by atoms with E-state index < -0.39 is 0 Å². The van der Waals surface area contributed by atoms with Crippen LogP contribution in [0.1, 0.15) is 56.1 Å². The molecule has 0 atom stereocenters. The maximum Gasteiger partial charge on any atom is 0.340 e. The van der Waals surface area contributed by atoms with Crippen molar-refractivity contribution in [2.75, 3.05) is 6.61 Å². The fraction of sp³-hybridized carbons (Fsp3) is 0.409. The van der Waals surface area contributed by atoms with E-state index in [1.165, 1.54) is 0 Å². The summed E-state index contributed by atoms with van der Waals surface area (Å²) in [5.41, 5.74) is 2.66. The van der Waals surface area contributed by atoms with E-state index in [0.717, 1.165) is 59.6 Å². The first-order valence-electron chi connectivity index (χ1n) is 9.56. The Labute approximate surface area is 154 Å². The number of phenolic OH excluding ortho intramolecular Hbond substituents is 1. The number of hydrogen-bond acceptors (Lipinski definition) is 3. The molecule has 3 rings (SSSR count). The minimum absolute atomic E-state index is 0.203. The lowest BCUT2D eigenvalue weighted by atomic mass is 10.0. The van der Waals surface area contributed by atoms with E-state index in [9.17, 15) is 9.90 Å². The highest BCUT2D eigenvalue weighted by Gasteiger charge is 2.25. The molecule has 1 aromatic heterocycles. The molecule has 26 heavy (non-hydrogen) atoms. The molecule has 4 nitrogen and oxygen atoms in total. The Bertz CT molecular complexity index is 940. The van der Waals surface area contributed by atoms with Crippen LogP contribution >= 0.6 is 0 Å². The average molecular weight is 353 g/mol. The highest BCUT2D eigenvalue weighted by Crippen LogP contribution is 2.38. The average Bonchev–Trinajstić information content (AvgIpc) is 2.94. The van der Waals surface area contributed by atoms with Crippen LogP contribution in [0.25, 0.3) is 21.7 Å². The number of unbranched alkanes of at least 4 members (excludes halogenated alkanes) is 1. The normalized spacial score (nSPS) is 11.3. The number of rotatable bonds is 7. The van der Waals surface area contributed by atoms with Gasteiger partial charge in [-0.2, -0.15) is 0 Å². The second-order valence-electron chi connectivity index (χ2n) is 6.63. The van der Waals surface area contributed by atoms with E-state index in [4.69, 9.17) is 4.74 Å². The number of aromatic nitrogens is 1. The highest BCUT2D eigenvalue weighted by molar-refractivity contribution is 6.16. The van der Waals surface area contributed by atoms with Crippen LogP contribution in [-0.2, 0) is 17.7 Å². The van der Waals surface area contributed by atoms with Gasteiger partial charge in [-0.05, 0) is 25.8 Å². The van der Waals surface area contributed by atoms with Crippen molar-refractivity contribution < 1.29 is 14.6 Å². The standard InChI is InChI=1S/C22H27NO3/c1-4-7-13-23-18(10-5-2)20(22(25)26-6-3)17-14-19(24)15-11-8-9-12-16(15)21(17)23/h8-9,11-12,14,24H,4-7,10,13H2,1-3H3. The van der Waals surface area contributed by atoms with Gasteiger partial charge in [-0.1, -0.05) is 51.0 Å². The van der Waals surface area contributed by atoms with Gasteiger partial charge in [0.2, 0.25) is 0 Å². The fourth-order valence-electron chi connectivity index (χ4n) is 3.74. The van der Waals surface area contributed by atoms with E-state index in [2.05, 4.69) is 18.4 Å². The number of esters is 1. The van der Waals surface area contributed by atoms with E-state index in [0.29, 0.717) is 12.2 Å². The third-order valence-electron chi connectivity index (χ3n) is 4.85. The maximum atomic E-state index is 12.8. The predicted octanol–water partition coefficient (Wildman–Crippen LogP) is 5.43. The minimum Gasteiger partial charge on any atom is -0.507 e. The molecule has 1 N–H and O–H groups in total. The number of benzene rings is 2. The Morgan fingerprint density at radius 2 is 1.81 bits per heavy atom. The van der Waals surface area contributed by atoms with E-state index in [1.807, 2.05) is 31.2 Å². The molecule has 0 saturated heterocycles. The number of aryl methyl sites for hydroxylation is 1. The van der Waals surface area contributed by atoms with Crippen LogP contribution in [0.15, 0.2) is 30.3 Å². The van der Waals surface area contributed by atoms with Gasteiger partial charge in [0.25, 0.3) is 0 Å². The third kappa shape index (κ3) is 3.05. The van der Waals surface area contributed by atoms with Crippen LogP contribution in [0.4, 0.5) is 0 Å². The predicted molar refractivity (Wildman–Crippen MR) is 106 cm³/mol. The maximum absolute atomic E-state index is 12.8. The minimum atomic E-state index is -0.300. The Balaban J connectivity index is 2.43. The molecule has 0 saturated carbocycles. The summed E-state index contributed by atoms with van der Waals surface area (Å²) in [5.74, 6) is -0.0970. The van der Waals surface area contributed by atoms with Crippen molar-refractivity contribution in [2.24, 2.45) is 0 Å². The third-order valence-corrected chi connectivity index (χ3v) is 4.85. The summed E-state index contributed by atoms with van der Waals surface area (Å²) in [7, 11) is 0. The fourth-order valence-corrected chi connectivity index (χ4v) is 3.74. The quantitative estimate of drug-likeness (QED) is 0.576. The number of phenols is 1. The molecule has 4 heteroatoms. The molecule has 0 aliphatic heterocycles. The molecule has 0 unspecified atom stereocenters. The van der Waals surface area contributed by atoms with Crippen molar-refractivity contribution in [1.82, 2.24) is 4.57 Å². The van der Waals surface area contributed by atoms with Crippen molar-refractivity contribution in [3.8, 4) is 5.75 Å². The second-order valence-corrected chi connectivity index (χ2v) is 6.63. The lowest BCUT2D eigenvalue weighted by Gasteiger charge is -2.12. The number of carbonyl (C=O) groups is 1. The molecule has 138 valence electrons. The zero-order chi connectivity index (χ0) is 18.7. The van der Waals surface area contributed by atoms with E-state index in [-0.39, 0.29) is 11.7 Å². The molecule has 0 amide bonds. The number of ether oxygens (including phenoxy) is 1. The molecule has 0 radical (unpaired) electrons. The van der Waals surface area contributed by atoms with Crippen LogP contribution in [0, 0.1) is 0 Å².